The Hall–Kier alpha value is -1.99. The Bertz CT molecular complexity index is 645. The number of oxime groups is 1. The Labute approximate surface area is 147 Å². The highest BCUT2D eigenvalue weighted by atomic mass is 16.7. The van der Waals surface area contributed by atoms with Crippen molar-refractivity contribution in [2.75, 3.05) is 26.2 Å². The van der Waals surface area contributed by atoms with Gasteiger partial charge in [0.1, 0.15) is 5.71 Å². The zero-order chi connectivity index (χ0) is 17.1. The molecule has 2 fully saturated rings. The van der Waals surface area contributed by atoms with Crippen molar-refractivity contribution in [3.63, 3.8) is 0 Å². The lowest BCUT2D eigenvalue weighted by atomic mass is 9.96. The van der Waals surface area contributed by atoms with Crippen LogP contribution in [-0.4, -0.2) is 59.4 Å². The van der Waals surface area contributed by atoms with Crippen molar-refractivity contribution in [3.8, 4) is 0 Å². The van der Waals surface area contributed by atoms with Gasteiger partial charge in [-0.05, 0) is 24.5 Å². The van der Waals surface area contributed by atoms with E-state index in [0.717, 1.165) is 45.5 Å². The molecular formula is C18H24N4O3. The van der Waals surface area contributed by atoms with E-state index in [1.54, 1.807) is 6.20 Å². The van der Waals surface area contributed by atoms with E-state index in [1.807, 2.05) is 12.3 Å². The molecule has 1 aromatic heterocycles. The minimum Gasteiger partial charge on any atom is -0.387 e. The number of likely N-dealkylation sites (tertiary alicyclic amines) is 1. The topological polar surface area (TPSA) is 76.1 Å². The van der Waals surface area contributed by atoms with Crippen LogP contribution in [0.5, 0.6) is 0 Å². The number of aromatic nitrogens is 1. The van der Waals surface area contributed by atoms with Crippen LogP contribution >= 0.6 is 0 Å². The summed E-state index contributed by atoms with van der Waals surface area (Å²) < 4.78 is 5.53. The van der Waals surface area contributed by atoms with E-state index in [1.165, 1.54) is 5.56 Å². The van der Waals surface area contributed by atoms with E-state index in [9.17, 15) is 4.79 Å². The molecular weight excluding hydrogens is 320 g/mol. The number of carbonyl (C=O) groups excluding carboxylic acids is 1. The summed E-state index contributed by atoms with van der Waals surface area (Å²) in [6, 6.07) is 4.03. The van der Waals surface area contributed by atoms with Gasteiger partial charge < -0.3 is 14.9 Å². The zero-order valence-corrected chi connectivity index (χ0v) is 14.3. The lowest BCUT2D eigenvalue weighted by molar-refractivity contribution is -0.115. The summed E-state index contributed by atoms with van der Waals surface area (Å²) in [4.78, 5) is 24.5. The third-order valence-corrected chi connectivity index (χ3v) is 5.14. The predicted molar refractivity (Wildman–Crippen MR) is 92.0 cm³/mol. The van der Waals surface area contributed by atoms with Crippen LogP contribution < -0.4 is 5.32 Å². The lowest BCUT2D eigenvalue weighted by Crippen LogP contribution is -2.39. The molecule has 25 heavy (non-hydrogen) atoms. The molecule has 0 bridgehead atoms. The van der Waals surface area contributed by atoms with Gasteiger partial charge in [0, 0.05) is 58.0 Å². The van der Waals surface area contributed by atoms with Gasteiger partial charge in [-0.15, -0.1) is 0 Å². The molecule has 2 saturated heterocycles. The third kappa shape index (κ3) is 3.82. The van der Waals surface area contributed by atoms with Crippen LogP contribution in [-0.2, 0) is 20.9 Å². The fraction of sp³-hybridized carbons (Fsp3) is 0.611. The van der Waals surface area contributed by atoms with Gasteiger partial charge in [-0.3, -0.25) is 14.7 Å². The molecule has 0 aliphatic carbocycles. The Kier molecular flexibility index (Phi) is 4.67. The van der Waals surface area contributed by atoms with Gasteiger partial charge in [0.2, 0.25) is 0 Å². The highest BCUT2D eigenvalue weighted by Gasteiger charge is 2.46. The summed E-state index contributed by atoms with van der Waals surface area (Å²) in [6.07, 6.45) is 7.36. The number of ether oxygens (including phenoxy) is 1. The smallest absolute Gasteiger partial charge is 0.269 e. The highest BCUT2D eigenvalue weighted by Crippen LogP contribution is 2.34. The normalized spacial score (nSPS) is 29.0. The summed E-state index contributed by atoms with van der Waals surface area (Å²) in [7, 11) is 0. The standard InChI is InChI=1S/C18H24N4O3/c23-17(20-11-15-4-2-8-24-15)16-9-18(25-21-16)5-7-22(13-18)12-14-3-1-6-19-10-14/h1,3,6,10,15H,2,4-5,7-9,11-13H2,(H,20,23)/t15-,18+/m0/s1. The molecule has 1 aromatic rings. The maximum absolute atomic E-state index is 12.3. The fourth-order valence-corrected chi connectivity index (χ4v) is 3.79. The van der Waals surface area contributed by atoms with Gasteiger partial charge in [-0.2, -0.15) is 0 Å². The van der Waals surface area contributed by atoms with E-state index in [2.05, 4.69) is 26.4 Å². The monoisotopic (exact) mass is 344 g/mol. The molecule has 0 aromatic carbocycles. The van der Waals surface area contributed by atoms with Crippen LogP contribution in [0.1, 0.15) is 31.2 Å². The van der Waals surface area contributed by atoms with Crippen molar-refractivity contribution in [1.82, 2.24) is 15.2 Å². The van der Waals surface area contributed by atoms with Gasteiger partial charge in [-0.1, -0.05) is 11.2 Å². The van der Waals surface area contributed by atoms with Crippen molar-refractivity contribution in [2.45, 2.75) is 43.9 Å². The highest BCUT2D eigenvalue weighted by molar-refractivity contribution is 6.39. The number of hydrogen-bond donors (Lipinski definition) is 1. The van der Waals surface area contributed by atoms with Gasteiger partial charge in [0.25, 0.3) is 5.91 Å². The van der Waals surface area contributed by atoms with Crippen LogP contribution in [0.2, 0.25) is 0 Å². The minimum atomic E-state index is -0.348. The van der Waals surface area contributed by atoms with Crippen molar-refractivity contribution in [1.29, 1.82) is 0 Å². The summed E-state index contributed by atoms with van der Waals surface area (Å²) >= 11 is 0. The molecule has 4 rings (SSSR count). The molecule has 0 unspecified atom stereocenters. The first kappa shape index (κ1) is 16.5. The number of amides is 1. The van der Waals surface area contributed by atoms with E-state index in [0.29, 0.717) is 18.7 Å². The minimum absolute atomic E-state index is 0.127. The van der Waals surface area contributed by atoms with Gasteiger partial charge in [0.15, 0.2) is 5.60 Å². The van der Waals surface area contributed by atoms with E-state index < -0.39 is 0 Å². The second-order valence-corrected chi connectivity index (χ2v) is 7.16. The first-order valence-electron chi connectivity index (χ1n) is 8.99. The molecule has 1 N–H and O–H groups in total. The number of nitrogens with one attached hydrogen (secondary N) is 1. The number of rotatable bonds is 5. The van der Waals surface area contributed by atoms with Crippen LogP contribution in [0, 0.1) is 0 Å². The van der Waals surface area contributed by atoms with Crippen molar-refractivity contribution in [2.24, 2.45) is 5.16 Å². The van der Waals surface area contributed by atoms with Crippen LogP contribution in [0.25, 0.3) is 0 Å². The molecule has 0 saturated carbocycles. The average Bonchev–Trinajstić information content (AvgIpc) is 3.37. The largest absolute Gasteiger partial charge is 0.387 e. The van der Waals surface area contributed by atoms with Gasteiger partial charge >= 0.3 is 0 Å². The van der Waals surface area contributed by atoms with E-state index >= 15 is 0 Å². The average molecular weight is 344 g/mol. The van der Waals surface area contributed by atoms with Crippen LogP contribution in [0.3, 0.4) is 0 Å². The Morgan fingerprint density at radius 2 is 2.44 bits per heavy atom. The first-order chi connectivity index (χ1) is 12.2. The summed E-state index contributed by atoms with van der Waals surface area (Å²) in [6.45, 7) is 3.92. The maximum atomic E-state index is 12.3. The number of nitrogens with zero attached hydrogens (tertiary/aromatic N) is 3. The van der Waals surface area contributed by atoms with Crippen molar-refractivity contribution >= 4 is 11.6 Å². The predicted octanol–water partition coefficient (Wildman–Crippen LogP) is 1.10. The summed E-state index contributed by atoms with van der Waals surface area (Å²) in [5, 5.41) is 7.01. The van der Waals surface area contributed by atoms with Gasteiger partial charge in [0.05, 0.1) is 6.10 Å². The van der Waals surface area contributed by atoms with E-state index in [-0.39, 0.29) is 17.6 Å². The number of pyridine rings is 1. The van der Waals surface area contributed by atoms with Crippen molar-refractivity contribution in [3.05, 3.63) is 30.1 Å². The molecule has 4 heterocycles. The Balaban J connectivity index is 1.27. The second-order valence-electron chi connectivity index (χ2n) is 7.16. The number of carbonyl (C=O) groups is 1. The van der Waals surface area contributed by atoms with Crippen LogP contribution in [0.4, 0.5) is 0 Å². The number of hydrogen-bond acceptors (Lipinski definition) is 6. The molecule has 2 atom stereocenters. The lowest BCUT2D eigenvalue weighted by Gasteiger charge is -2.21. The third-order valence-electron chi connectivity index (χ3n) is 5.14. The Morgan fingerprint density at radius 3 is 3.24 bits per heavy atom. The summed E-state index contributed by atoms with van der Waals surface area (Å²) in [5.74, 6) is -0.127. The summed E-state index contributed by atoms with van der Waals surface area (Å²) in [5.41, 5.74) is 1.34. The molecule has 7 heteroatoms. The second kappa shape index (κ2) is 7.09. The molecule has 3 aliphatic rings. The van der Waals surface area contributed by atoms with Crippen molar-refractivity contribution < 1.29 is 14.4 Å². The SMILES string of the molecule is O=C(NC[C@@H]1CCCO1)C1=NO[C@]2(CCN(Cc3cccnc3)C2)C1. The zero-order valence-electron chi connectivity index (χ0n) is 14.3. The van der Waals surface area contributed by atoms with E-state index in [4.69, 9.17) is 9.57 Å². The molecule has 1 spiro atoms. The fourth-order valence-electron chi connectivity index (χ4n) is 3.79. The molecule has 0 radical (unpaired) electrons. The quantitative estimate of drug-likeness (QED) is 0.866. The molecule has 134 valence electrons. The maximum Gasteiger partial charge on any atom is 0.269 e. The first-order valence-corrected chi connectivity index (χ1v) is 8.99. The molecule has 7 nitrogen and oxygen atoms in total. The molecule has 3 aliphatic heterocycles. The Morgan fingerprint density at radius 1 is 1.48 bits per heavy atom. The molecule has 1 amide bonds. The van der Waals surface area contributed by atoms with Gasteiger partial charge in [-0.25, -0.2) is 0 Å². The van der Waals surface area contributed by atoms with Crippen LogP contribution in [0.15, 0.2) is 29.7 Å².